The van der Waals surface area contributed by atoms with E-state index in [2.05, 4.69) is 53.7 Å². The van der Waals surface area contributed by atoms with Crippen LogP contribution in [0.25, 0.3) is 0 Å². The Kier molecular flexibility index (Phi) is 4.27. The van der Waals surface area contributed by atoms with Crippen LogP contribution < -0.4 is 5.01 Å². The van der Waals surface area contributed by atoms with Gasteiger partial charge in [-0.1, -0.05) is 60.7 Å². The number of hydrogen-bond donors (Lipinski definition) is 0. The molecule has 2 aromatic rings. The lowest BCUT2D eigenvalue weighted by atomic mass is 10.1. The van der Waals surface area contributed by atoms with Gasteiger partial charge in [0.2, 0.25) is 0 Å². The quantitative estimate of drug-likeness (QED) is 0.557. The first kappa shape index (κ1) is 13.4. The molecule has 0 unspecified atom stereocenters. The maximum atomic E-state index is 4.67. The van der Waals surface area contributed by atoms with E-state index >= 15 is 0 Å². The summed E-state index contributed by atoms with van der Waals surface area (Å²) >= 11 is 0. The second kappa shape index (κ2) is 6.71. The summed E-state index contributed by atoms with van der Waals surface area (Å²) in [5.41, 5.74) is 2.13. The zero-order valence-corrected chi connectivity index (χ0v) is 11.8. The van der Waals surface area contributed by atoms with Crippen molar-refractivity contribution in [3.8, 4) is 0 Å². The van der Waals surface area contributed by atoms with Crippen LogP contribution in [0.15, 0.2) is 90.1 Å². The summed E-state index contributed by atoms with van der Waals surface area (Å²) in [6, 6.07) is 20.4. The molecule has 2 aromatic carbocycles. The molecule has 0 saturated carbocycles. The van der Waals surface area contributed by atoms with Gasteiger partial charge in [-0.2, -0.15) is 5.10 Å². The van der Waals surface area contributed by atoms with Gasteiger partial charge in [0.1, 0.15) is 0 Å². The van der Waals surface area contributed by atoms with E-state index < -0.39 is 0 Å². The topological polar surface area (TPSA) is 15.6 Å². The predicted molar refractivity (Wildman–Crippen MR) is 89.9 cm³/mol. The van der Waals surface area contributed by atoms with Gasteiger partial charge in [-0.25, -0.2) is 5.01 Å². The second-order valence-corrected chi connectivity index (χ2v) is 4.95. The van der Waals surface area contributed by atoms with E-state index in [-0.39, 0.29) is 0 Å². The highest BCUT2D eigenvalue weighted by atomic mass is 15.5. The monoisotopic (exact) mass is 274 g/mol. The molecule has 0 heterocycles. The smallest absolute Gasteiger partial charge is 0.0652 e. The lowest BCUT2D eigenvalue weighted by molar-refractivity contribution is 0.880. The van der Waals surface area contributed by atoms with Gasteiger partial charge < -0.3 is 0 Å². The summed E-state index contributed by atoms with van der Waals surface area (Å²) in [5, 5.41) is 6.64. The molecule has 0 fully saturated rings. The van der Waals surface area contributed by atoms with Crippen molar-refractivity contribution in [3.63, 3.8) is 0 Å². The van der Waals surface area contributed by atoms with E-state index in [0.717, 1.165) is 17.8 Å². The Labute approximate surface area is 125 Å². The number of para-hydroxylation sites is 2. The largest absolute Gasteiger partial charge is 0.234 e. The van der Waals surface area contributed by atoms with Crippen LogP contribution in [0.5, 0.6) is 0 Å². The third kappa shape index (κ3) is 3.48. The maximum Gasteiger partial charge on any atom is 0.0652 e. The number of anilines is 2. The molecule has 3 rings (SSSR count). The highest BCUT2D eigenvalue weighted by molar-refractivity contribution is 5.68. The van der Waals surface area contributed by atoms with Gasteiger partial charge in [0.15, 0.2) is 0 Å². The molecule has 0 spiro atoms. The first-order valence-corrected chi connectivity index (χ1v) is 7.21. The highest BCUT2D eigenvalue weighted by Gasteiger charge is 2.07. The maximum absolute atomic E-state index is 4.67. The fourth-order valence-corrected chi connectivity index (χ4v) is 2.31. The minimum Gasteiger partial charge on any atom is -0.234 e. The molecule has 0 saturated heterocycles. The summed E-state index contributed by atoms with van der Waals surface area (Å²) in [6.45, 7) is 0. The first-order valence-electron chi connectivity index (χ1n) is 7.21. The van der Waals surface area contributed by atoms with Crippen LogP contribution in [0.1, 0.15) is 6.42 Å². The molecule has 2 nitrogen and oxygen atoms in total. The van der Waals surface area contributed by atoms with Crippen LogP contribution in [0.4, 0.5) is 11.4 Å². The SMILES string of the molecule is C1=CC(CC=NN(c2ccccc2)c2ccccc2)C=C1. The normalized spacial score (nSPS) is 14.1. The van der Waals surface area contributed by atoms with E-state index in [4.69, 9.17) is 0 Å². The molecule has 0 N–H and O–H groups in total. The van der Waals surface area contributed by atoms with E-state index in [1.807, 2.05) is 47.6 Å². The Morgan fingerprint density at radius 1 is 0.810 bits per heavy atom. The number of hydrogen-bond acceptors (Lipinski definition) is 2. The summed E-state index contributed by atoms with van der Waals surface area (Å²) in [6.07, 6.45) is 11.5. The summed E-state index contributed by atoms with van der Waals surface area (Å²) in [4.78, 5) is 0. The van der Waals surface area contributed by atoms with E-state index in [1.165, 1.54) is 0 Å². The molecular weight excluding hydrogens is 256 g/mol. The van der Waals surface area contributed by atoms with Crippen molar-refractivity contribution < 1.29 is 0 Å². The van der Waals surface area contributed by atoms with Crippen LogP contribution in [0.3, 0.4) is 0 Å². The molecule has 0 bridgehead atoms. The van der Waals surface area contributed by atoms with Gasteiger partial charge in [0.25, 0.3) is 0 Å². The molecule has 0 aromatic heterocycles. The molecule has 0 radical (unpaired) electrons. The first-order chi connectivity index (χ1) is 10.4. The minimum atomic E-state index is 0.474. The van der Waals surface area contributed by atoms with Gasteiger partial charge in [-0.3, -0.25) is 0 Å². The zero-order valence-electron chi connectivity index (χ0n) is 11.8. The number of benzene rings is 2. The molecule has 0 atom stereocenters. The molecule has 2 heteroatoms. The van der Waals surface area contributed by atoms with E-state index in [9.17, 15) is 0 Å². The Bertz CT molecular complexity index is 590. The number of hydrazone groups is 1. The third-order valence-corrected chi connectivity index (χ3v) is 3.40. The molecule has 1 aliphatic carbocycles. The van der Waals surface area contributed by atoms with Gasteiger partial charge in [-0.15, -0.1) is 0 Å². The van der Waals surface area contributed by atoms with Crippen LogP contribution in [-0.2, 0) is 0 Å². The average Bonchev–Trinajstić information content (AvgIpc) is 3.07. The molecule has 1 aliphatic rings. The summed E-state index contributed by atoms with van der Waals surface area (Å²) in [7, 11) is 0. The third-order valence-electron chi connectivity index (χ3n) is 3.40. The molecule has 104 valence electrons. The van der Waals surface area contributed by atoms with Crippen molar-refractivity contribution in [1.29, 1.82) is 0 Å². The van der Waals surface area contributed by atoms with Gasteiger partial charge in [-0.05, 0) is 30.7 Å². The lowest BCUT2D eigenvalue weighted by Crippen LogP contribution is -2.09. The average molecular weight is 274 g/mol. The van der Waals surface area contributed by atoms with Gasteiger partial charge >= 0.3 is 0 Å². The molecule has 0 amide bonds. The van der Waals surface area contributed by atoms with E-state index in [1.54, 1.807) is 0 Å². The Morgan fingerprint density at radius 2 is 1.33 bits per heavy atom. The second-order valence-electron chi connectivity index (χ2n) is 4.95. The molecule has 21 heavy (non-hydrogen) atoms. The lowest BCUT2D eigenvalue weighted by Gasteiger charge is -2.19. The molecular formula is C19H18N2. The predicted octanol–water partition coefficient (Wildman–Crippen LogP) is 4.94. The van der Waals surface area contributed by atoms with E-state index in [0.29, 0.717) is 5.92 Å². The Morgan fingerprint density at radius 3 is 1.86 bits per heavy atom. The Balaban J connectivity index is 1.81. The fraction of sp³-hybridized carbons (Fsp3) is 0.105. The van der Waals surface area contributed by atoms with Crippen LogP contribution in [-0.4, -0.2) is 6.21 Å². The van der Waals surface area contributed by atoms with Crippen LogP contribution >= 0.6 is 0 Å². The number of rotatable bonds is 5. The molecule has 0 aliphatic heterocycles. The van der Waals surface area contributed by atoms with Crippen LogP contribution in [0, 0.1) is 5.92 Å². The van der Waals surface area contributed by atoms with Crippen molar-refractivity contribution in [2.75, 3.05) is 5.01 Å². The van der Waals surface area contributed by atoms with Crippen molar-refractivity contribution in [1.82, 2.24) is 0 Å². The summed E-state index contributed by atoms with van der Waals surface area (Å²) in [5.74, 6) is 0.474. The van der Waals surface area contributed by atoms with Crippen molar-refractivity contribution in [3.05, 3.63) is 85.0 Å². The minimum absolute atomic E-state index is 0.474. The van der Waals surface area contributed by atoms with Crippen molar-refractivity contribution in [2.24, 2.45) is 11.0 Å². The summed E-state index contributed by atoms with van der Waals surface area (Å²) < 4.78 is 0. The fourth-order valence-electron chi connectivity index (χ4n) is 2.31. The highest BCUT2D eigenvalue weighted by Crippen LogP contribution is 2.25. The number of nitrogens with zero attached hydrogens (tertiary/aromatic N) is 2. The number of allylic oxidation sites excluding steroid dienone is 4. The van der Waals surface area contributed by atoms with Crippen molar-refractivity contribution in [2.45, 2.75) is 6.42 Å². The zero-order chi connectivity index (χ0) is 14.3. The van der Waals surface area contributed by atoms with Gasteiger partial charge in [0.05, 0.1) is 11.4 Å². The van der Waals surface area contributed by atoms with Crippen molar-refractivity contribution >= 4 is 17.6 Å². The standard InChI is InChI=1S/C19H18N2/c1-3-11-18(12-4-1)21(19-13-5-2-6-14-19)20-16-15-17-9-7-8-10-17/h1-14,16-17H,15H2. The van der Waals surface area contributed by atoms with Crippen LogP contribution in [0.2, 0.25) is 0 Å². The van der Waals surface area contributed by atoms with Gasteiger partial charge in [0, 0.05) is 12.1 Å². The Hall–Kier alpha value is -2.61.